The number of thiophene rings is 1. The maximum Gasteiger partial charge on any atom is 0.162 e. The van der Waals surface area contributed by atoms with Gasteiger partial charge in [0.1, 0.15) is 9.04 Å². The number of hydrogen-bond acceptors (Lipinski definition) is 7. The predicted molar refractivity (Wildman–Crippen MR) is 114 cm³/mol. The molecule has 0 aliphatic carbocycles. The van der Waals surface area contributed by atoms with Crippen LogP contribution >= 0.6 is 11.3 Å². The number of pyridine rings is 1. The molecule has 2 N–H and O–H groups in total. The Morgan fingerprint density at radius 2 is 1.89 bits per heavy atom. The first-order chi connectivity index (χ1) is 13.7. The van der Waals surface area contributed by atoms with Gasteiger partial charge in [-0.15, -0.1) is 11.3 Å². The Hall–Kier alpha value is -2.68. The normalized spacial score (nSPS) is 12.3. The van der Waals surface area contributed by atoms with Gasteiger partial charge in [0.15, 0.2) is 5.82 Å². The van der Waals surface area contributed by atoms with E-state index < -0.39 is 10.8 Å². The lowest BCUT2D eigenvalue weighted by Gasteiger charge is -2.07. The molecule has 8 heteroatoms. The molecular formula is C20H18N4O2S2. The van der Waals surface area contributed by atoms with Crippen LogP contribution in [-0.4, -0.2) is 38.6 Å². The van der Waals surface area contributed by atoms with Crippen molar-refractivity contribution in [2.24, 2.45) is 0 Å². The summed E-state index contributed by atoms with van der Waals surface area (Å²) >= 11 is 1.35. The van der Waals surface area contributed by atoms with Gasteiger partial charge < -0.3 is 10.5 Å². The molecule has 4 aromatic rings. The summed E-state index contributed by atoms with van der Waals surface area (Å²) in [7, 11) is 0.333. The van der Waals surface area contributed by atoms with Crippen molar-refractivity contribution in [3.8, 4) is 22.6 Å². The van der Waals surface area contributed by atoms with Gasteiger partial charge in [-0.25, -0.2) is 9.97 Å². The van der Waals surface area contributed by atoms with Crippen LogP contribution in [0.1, 0.15) is 0 Å². The summed E-state index contributed by atoms with van der Waals surface area (Å²) in [6, 6.07) is 13.6. The highest BCUT2D eigenvalue weighted by Crippen LogP contribution is 2.41. The van der Waals surface area contributed by atoms with Gasteiger partial charge in [0.25, 0.3) is 0 Å². The maximum atomic E-state index is 12.7. The second kappa shape index (κ2) is 8.14. The summed E-state index contributed by atoms with van der Waals surface area (Å²) in [5, 5.41) is 0.740. The van der Waals surface area contributed by atoms with Crippen LogP contribution in [0.25, 0.3) is 32.9 Å². The lowest BCUT2D eigenvalue weighted by Crippen LogP contribution is -2.04. The average molecular weight is 411 g/mol. The molecule has 4 rings (SSSR count). The van der Waals surface area contributed by atoms with Crippen molar-refractivity contribution in [3.63, 3.8) is 0 Å². The third kappa shape index (κ3) is 3.54. The first-order valence-electron chi connectivity index (χ1n) is 8.62. The minimum atomic E-state index is -1.25. The highest BCUT2D eigenvalue weighted by Gasteiger charge is 2.21. The average Bonchev–Trinajstić information content (AvgIpc) is 3.09. The molecule has 0 bridgehead atoms. The van der Waals surface area contributed by atoms with Crippen LogP contribution in [0.3, 0.4) is 0 Å². The van der Waals surface area contributed by atoms with E-state index in [2.05, 4.69) is 4.98 Å². The van der Waals surface area contributed by atoms with E-state index in [0.717, 1.165) is 22.2 Å². The quantitative estimate of drug-likeness (QED) is 0.520. The number of fused-ring (bicyclic) bond motifs is 1. The molecule has 0 amide bonds. The summed E-state index contributed by atoms with van der Waals surface area (Å²) in [6.07, 6.45) is 3.44. The second-order valence-electron chi connectivity index (χ2n) is 6.03. The maximum absolute atomic E-state index is 12.7. The highest BCUT2D eigenvalue weighted by atomic mass is 32.2. The van der Waals surface area contributed by atoms with Crippen molar-refractivity contribution in [2.75, 3.05) is 25.2 Å². The van der Waals surface area contributed by atoms with Gasteiger partial charge in [0.05, 0.1) is 39.9 Å². The number of nitrogens with two attached hydrogens (primary N) is 1. The van der Waals surface area contributed by atoms with Crippen LogP contribution in [0.5, 0.6) is 0 Å². The van der Waals surface area contributed by atoms with Crippen molar-refractivity contribution in [3.05, 3.63) is 54.9 Å². The van der Waals surface area contributed by atoms with Gasteiger partial charge in [0.2, 0.25) is 0 Å². The van der Waals surface area contributed by atoms with Gasteiger partial charge in [0, 0.05) is 30.6 Å². The number of nitrogens with zero attached hydrogens (tertiary/aromatic N) is 3. The van der Waals surface area contributed by atoms with Gasteiger partial charge in [-0.3, -0.25) is 9.19 Å². The van der Waals surface area contributed by atoms with Gasteiger partial charge in [-0.05, 0) is 12.1 Å². The van der Waals surface area contributed by atoms with E-state index in [4.69, 9.17) is 20.4 Å². The number of anilines is 1. The molecule has 0 aliphatic rings. The van der Waals surface area contributed by atoms with Crippen molar-refractivity contribution >= 4 is 38.0 Å². The zero-order valence-corrected chi connectivity index (χ0v) is 16.8. The number of aromatic nitrogens is 3. The van der Waals surface area contributed by atoms with Crippen LogP contribution in [0.15, 0.2) is 59.1 Å². The molecule has 142 valence electrons. The Kier molecular flexibility index (Phi) is 5.43. The largest absolute Gasteiger partial charge is 0.396 e. The first-order valence-corrected chi connectivity index (χ1v) is 10.8. The Morgan fingerprint density at radius 3 is 2.61 bits per heavy atom. The van der Waals surface area contributed by atoms with E-state index in [-0.39, 0.29) is 0 Å². The third-order valence-electron chi connectivity index (χ3n) is 4.20. The minimum Gasteiger partial charge on any atom is -0.396 e. The fraction of sp³-hybridized carbons (Fsp3) is 0.150. The van der Waals surface area contributed by atoms with Crippen molar-refractivity contribution in [2.45, 2.75) is 4.21 Å². The molecule has 0 saturated carbocycles. The van der Waals surface area contributed by atoms with E-state index in [0.29, 0.717) is 32.9 Å². The number of hydrogen-bond donors (Lipinski definition) is 1. The lowest BCUT2D eigenvalue weighted by molar-refractivity contribution is 0.218. The van der Waals surface area contributed by atoms with Gasteiger partial charge in [-0.2, -0.15) is 0 Å². The van der Waals surface area contributed by atoms with Crippen molar-refractivity contribution in [1.82, 2.24) is 15.0 Å². The van der Waals surface area contributed by atoms with Crippen LogP contribution in [0, 0.1) is 0 Å². The molecule has 0 aliphatic heterocycles. The Labute approximate surface area is 168 Å². The summed E-state index contributed by atoms with van der Waals surface area (Å²) in [5.41, 5.74) is 9.38. The zero-order valence-electron chi connectivity index (χ0n) is 15.2. The van der Waals surface area contributed by atoms with Crippen LogP contribution < -0.4 is 5.73 Å². The van der Waals surface area contributed by atoms with Gasteiger partial charge in [-0.1, -0.05) is 30.3 Å². The molecule has 3 heterocycles. The fourth-order valence-corrected chi connectivity index (χ4v) is 5.39. The summed E-state index contributed by atoms with van der Waals surface area (Å²) in [5.74, 6) is 0.951. The lowest BCUT2D eigenvalue weighted by atomic mass is 10.1. The van der Waals surface area contributed by atoms with E-state index in [1.807, 2.05) is 42.5 Å². The molecule has 1 aromatic carbocycles. The van der Waals surface area contributed by atoms with Crippen molar-refractivity contribution < 1.29 is 8.95 Å². The Morgan fingerprint density at radius 1 is 1.11 bits per heavy atom. The topological polar surface area (TPSA) is 91.0 Å². The molecule has 0 fully saturated rings. The first kappa shape index (κ1) is 18.7. The van der Waals surface area contributed by atoms with Crippen molar-refractivity contribution in [1.29, 1.82) is 0 Å². The fourth-order valence-electron chi connectivity index (χ4n) is 2.85. The van der Waals surface area contributed by atoms with Crippen LogP contribution in [0.2, 0.25) is 0 Å². The van der Waals surface area contributed by atoms with Crippen LogP contribution in [-0.2, 0) is 15.5 Å². The highest BCUT2D eigenvalue weighted by molar-refractivity contribution is 7.87. The number of rotatable bonds is 6. The van der Waals surface area contributed by atoms with E-state index in [1.165, 1.54) is 11.3 Å². The number of nitrogen functional groups attached to an aromatic ring is 1. The Bertz CT molecular complexity index is 1130. The molecule has 1 atom stereocenters. The predicted octanol–water partition coefficient (Wildman–Crippen LogP) is 3.76. The number of ether oxygens (including phenoxy) is 1. The van der Waals surface area contributed by atoms with Gasteiger partial charge >= 0.3 is 0 Å². The molecule has 28 heavy (non-hydrogen) atoms. The number of benzene rings is 1. The number of methoxy groups -OCH3 is 1. The SMILES string of the molecule is COCC[S@@](=O)c1sc2nc(-c3cccnc3)nc(-c3ccccc3)c2c1N. The van der Waals surface area contributed by atoms with Crippen LogP contribution in [0.4, 0.5) is 5.69 Å². The molecular weight excluding hydrogens is 392 g/mol. The van der Waals surface area contributed by atoms with E-state index >= 15 is 0 Å². The molecule has 0 saturated heterocycles. The molecule has 6 nitrogen and oxygen atoms in total. The summed E-state index contributed by atoms with van der Waals surface area (Å²) in [6.45, 7) is 0.401. The summed E-state index contributed by atoms with van der Waals surface area (Å²) in [4.78, 5) is 14.4. The molecule has 0 unspecified atom stereocenters. The zero-order chi connectivity index (χ0) is 19.5. The standard InChI is InChI=1S/C20H18N4O2S2/c1-26-10-11-28(25)20-16(21)15-17(13-6-3-2-4-7-13)23-18(24-19(15)27-20)14-8-5-9-22-12-14/h2-9,12H,10-11,21H2,1H3/t28-/m1/s1. The third-order valence-corrected chi connectivity index (χ3v) is 7.07. The molecule has 0 spiro atoms. The van der Waals surface area contributed by atoms with E-state index in [9.17, 15) is 4.21 Å². The Balaban J connectivity index is 1.95. The second-order valence-corrected chi connectivity index (χ2v) is 8.79. The monoisotopic (exact) mass is 410 g/mol. The smallest absolute Gasteiger partial charge is 0.162 e. The summed E-state index contributed by atoms with van der Waals surface area (Å²) < 4.78 is 18.4. The molecule has 3 aromatic heterocycles. The molecule has 0 radical (unpaired) electrons. The minimum absolute atomic E-state index is 0.386. The van der Waals surface area contributed by atoms with E-state index in [1.54, 1.807) is 19.5 Å².